The van der Waals surface area contributed by atoms with Crippen molar-refractivity contribution in [3.63, 3.8) is 0 Å². The Labute approximate surface area is 118 Å². The average molecular weight is 269 g/mol. The summed E-state index contributed by atoms with van der Waals surface area (Å²) in [6.45, 7) is 12.7. The molecule has 1 saturated heterocycles. The molecule has 3 atom stereocenters. The monoisotopic (exact) mass is 269 g/mol. The molecular weight excluding hydrogens is 238 g/mol. The molecule has 1 aliphatic heterocycles. The quantitative estimate of drug-likeness (QED) is 0.738. The lowest BCUT2D eigenvalue weighted by Crippen LogP contribution is -2.55. The van der Waals surface area contributed by atoms with Gasteiger partial charge in [0.15, 0.2) is 0 Å². The van der Waals surface area contributed by atoms with Crippen LogP contribution in [0, 0.1) is 11.8 Å². The van der Waals surface area contributed by atoms with Gasteiger partial charge in [-0.15, -0.1) is 0 Å². The number of likely N-dealkylation sites (tertiary alicyclic amines) is 1. The Bertz CT molecular complexity index is 285. The Kier molecular flexibility index (Phi) is 6.27. The number of piperidine rings is 1. The SMILES string of the molecule is CCCNC(C)(CCN1CC(C)CC(C)C1)C(N)=O. The molecule has 1 amide bonds. The van der Waals surface area contributed by atoms with Crippen LogP contribution in [0.3, 0.4) is 0 Å². The van der Waals surface area contributed by atoms with Crippen LogP contribution in [0.1, 0.15) is 47.0 Å². The van der Waals surface area contributed by atoms with E-state index in [9.17, 15) is 4.79 Å². The maximum atomic E-state index is 11.7. The summed E-state index contributed by atoms with van der Waals surface area (Å²) in [5.41, 5.74) is 4.99. The molecule has 0 aromatic rings. The number of rotatable bonds is 7. The Morgan fingerprint density at radius 1 is 1.37 bits per heavy atom. The van der Waals surface area contributed by atoms with Crippen LogP contribution in [0.15, 0.2) is 0 Å². The van der Waals surface area contributed by atoms with Crippen LogP contribution in [0.2, 0.25) is 0 Å². The van der Waals surface area contributed by atoms with Crippen LogP contribution in [-0.4, -0.2) is 42.5 Å². The highest BCUT2D eigenvalue weighted by Crippen LogP contribution is 2.22. The summed E-state index contributed by atoms with van der Waals surface area (Å²) in [6.07, 6.45) is 3.13. The second kappa shape index (κ2) is 7.25. The molecule has 0 bridgehead atoms. The predicted molar refractivity (Wildman–Crippen MR) is 79.9 cm³/mol. The van der Waals surface area contributed by atoms with Crippen LogP contribution in [-0.2, 0) is 4.79 Å². The molecule has 1 heterocycles. The molecule has 1 aliphatic rings. The zero-order valence-corrected chi connectivity index (χ0v) is 13.0. The van der Waals surface area contributed by atoms with Crippen molar-refractivity contribution in [2.24, 2.45) is 17.6 Å². The smallest absolute Gasteiger partial charge is 0.237 e. The third-order valence-electron chi connectivity index (χ3n) is 4.18. The first-order valence-corrected chi connectivity index (χ1v) is 7.64. The number of carbonyl (C=O) groups is 1. The lowest BCUT2D eigenvalue weighted by atomic mass is 9.90. The lowest BCUT2D eigenvalue weighted by Gasteiger charge is -2.37. The molecule has 4 heteroatoms. The summed E-state index contributed by atoms with van der Waals surface area (Å²) < 4.78 is 0. The van der Waals surface area contributed by atoms with Crippen molar-refractivity contribution >= 4 is 5.91 Å². The third-order valence-corrected chi connectivity index (χ3v) is 4.18. The highest BCUT2D eigenvalue weighted by atomic mass is 16.1. The van der Waals surface area contributed by atoms with Gasteiger partial charge in [-0.3, -0.25) is 4.79 Å². The van der Waals surface area contributed by atoms with E-state index < -0.39 is 5.54 Å². The molecule has 1 fully saturated rings. The molecule has 0 aromatic heterocycles. The van der Waals surface area contributed by atoms with Gasteiger partial charge in [-0.1, -0.05) is 20.8 Å². The van der Waals surface area contributed by atoms with Gasteiger partial charge in [0.05, 0.1) is 5.54 Å². The van der Waals surface area contributed by atoms with Crippen molar-refractivity contribution in [3.05, 3.63) is 0 Å². The van der Waals surface area contributed by atoms with Gasteiger partial charge in [0.2, 0.25) is 5.91 Å². The zero-order valence-electron chi connectivity index (χ0n) is 13.0. The first-order valence-electron chi connectivity index (χ1n) is 7.64. The molecule has 112 valence electrons. The van der Waals surface area contributed by atoms with Gasteiger partial charge in [0.1, 0.15) is 0 Å². The Hall–Kier alpha value is -0.610. The summed E-state index contributed by atoms with van der Waals surface area (Å²) in [7, 11) is 0. The van der Waals surface area contributed by atoms with Gasteiger partial charge in [-0.25, -0.2) is 0 Å². The van der Waals surface area contributed by atoms with E-state index in [1.807, 2.05) is 6.92 Å². The van der Waals surface area contributed by atoms with Crippen molar-refractivity contribution in [2.45, 2.75) is 52.5 Å². The molecule has 0 aromatic carbocycles. The van der Waals surface area contributed by atoms with Crippen LogP contribution >= 0.6 is 0 Å². The van der Waals surface area contributed by atoms with E-state index in [2.05, 4.69) is 31.0 Å². The molecule has 3 N–H and O–H groups in total. The molecule has 0 radical (unpaired) electrons. The Balaban J connectivity index is 2.49. The van der Waals surface area contributed by atoms with Crippen molar-refractivity contribution in [3.8, 4) is 0 Å². The lowest BCUT2D eigenvalue weighted by molar-refractivity contribution is -0.124. The van der Waals surface area contributed by atoms with E-state index in [1.54, 1.807) is 0 Å². The number of nitrogens with one attached hydrogen (secondary N) is 1. The van der Waals surface area contributed by atoms with Gasteiger partial charge in [0, 0.05) is 19.6 Å². The molecule has 0 spiro atoms. The first-order chi connectivity index (χ1) is 8.87. The maximum Gasteiger partial charge on any atom is 0.237 e. The minimum Gasteiger partial charge on any atom is -0.368 e. The normalized spacial score (nSPS) is 28.0. The standard InChI is InChI=1S/C15H31N3O/c1-5-7-17-15(4,14(16)19)6-8-18-10-12(2)9-13(3)11-18/h12-13,17H,5-11H2,1-4H3,(H2,16,19). The number of amides is 1. The van der Waals surface area contributed by atoms with Gasteiger partial charge in [-0.05, 0) is 44.6 Å². The molecule has 0 saturated carbocycles. The van der Waals surface area contributed by atoms with Crippen molar-refractivity contribution in [2.75, 3.05) is 26.2 Å². The van der Waals surface area contributed by atoms with E-state index in [0.29, 0.717) is 0 Å². The van der Waals surface area contributed by atoms with Crippen molar-refractivity contribution in [1.82, 2.24) is 10.2 Å². The minimum absolute atomic E-state index is 0.237. The van der Waals surface area contributed by atoms with Gasteiger partial charge < -0.3 is 16.0 Å². The third kappa shape index (κ3) is 5.11. The Morgan fingerprint density at radius 2 is 1.95 bits per heavy atom. The second-order valence-corrected chi connectivity index (χ2v) is 6.58. The number of carbonyl (C=O) groups excluding carboxylic acids is 1. The number of nitrogens with zero attached hydrogens (tertiary/aromatic N) is 1. The maximum absolute atomic E-state index is 11.7. The van der Waals surface area contributed by atoms with E-state index in [-0.39, 0.29) is 5.91 Å². The van der Waals surface area contributed by atoms with Crippen LogP contribution < -0.4 is 11.1 Å². The van der Waals surface area contributed by atoms with E-state index >= 15 is 0 Å². The van der Waals surface area contributed by atoms with E-state index in [4.69, 9.17) is 5.73 Å². The summed E-state index contributed by atoms with van der Waals surface area (Å²) >= 11 is 0. The van der Waals surface area contributed by atoms with Crippen LogP contribution in [0.4, 0.5) is 0 Å². The summed E-state index contributed by atoms with van der Waals surface area (Å²) in [5.74, 6) is 1.28. The summed E-state index contributed by atoms with van der Waals surface area (Å²) in [5, 5.41) is 3.31. The van der Waals surface area contributed by atoms with Gasteiger partial charge >= 0.3 is 0 Å². The Morgan fingerprint density at radius 3 is 2.42 bits per heavy atom. The number of hydrogen-bond acceptors (Lipinski definition) is 3. The minimum atomic E-state index is -0.570. The topological polar surface area (TPSA) is 58.4 Å². The fourth-order valence-electron chi connectivity index (χ4n) is 3.06. The molecule has 4 nitrogen and oxygen atoms in total. The van der Waals surface area contributed by atoms with E-state index in [1.165, 1.54) is 6.42 Å². The number of hydrogen-bond donors (Lipinski definition) is 2. The van der Waals surface area contributed by atoms with Crippen molar-refractivity contribution < 1.29 is 4.79 Å². The van der Waals surface area contributed by atoms with Gasteiger partial charge in [-0.2, -0.15) is 0 Å². The molecule has 19 heavy (non-hydrogen) atoms. The van der Waals surface area contributed by atoms with E-state index in [0.717, 1.165) is 50.9 Å². The van der Waals surface area contributed by atoms with Crippen LogP contribution in [0.25, 0.3) is 0 Å². The number of nitrogens with two attached hydrogens (primary N) is 1. The van der Waals surface area contributed by atoms with Gasteiger partial charge in [0.25, 0.3) is 0 Å². The largest absolute Gasteiger partial charge is 0.368 e. The molecule has 3 unspecified atom stereocenters. The van der Waals surface area contributed by atoms with Crippen molar-refractivity contribution in [1.29, 1.82) is 0 Å². The fraction of sp³-hybridized carbons (Fsp3) is 0.933. The first kappa shape index (κ1) is 16.4. The predicted octanol–water partition coefficient (Wildman–Crippen LogP) is 1.60. The number of primary amides is 1. The molecule has 0 aliphatic carbocycles. The summed E-state index contributed by atoms with van der Waals surface area (Å²) in [6, 6.07) is 0. The highest BCUT2D eigenvalue weighted by Gasteiger charge is 2.31. The fourth-order valence-corrected chi connectivity index (χ4v) is 3.06. The highest BCUT2D eigenvalue weighted by molar-refractivity contribution is 5.84. The molecular formula is C15H31N3O. The zero-order chi connectivity index (χ0) is 14.5. The molecule has 1 rings (SSSR count). The summed E-state index contributed by atoms with van der Waals surface area (Å²) in [4.78, 5) is 14.1. The average Bonchev–Trinajstić information content (AvgIpc) is 2.32. The van der Waals surface area contributed by atoms with Crippen LogP contribution in [0.5, 0.6) is 0 Å². The second-order valence-electron chi connectivity index (χ2n) is 6.58.